The van der Waals surface area contributed by atoms with E-state index in [1.54, 1.807) is 27.9 Å². The second kappa shape index (κ2) is 23.4. The van der Waals surface area contributed by atoms with Crippen molar-refractivity contribution in [2.45, 2.75) is 139 Å². The normalized spacial score (nSPS) is 27.8. The van der Waals surface area contributed by atoms with E-state index in [0.717, 1.165) is 51.4 Å². The van der Waals surface area contributed by atoms with Crippen molar-refractivity contribution in [2.75, 3.05) is 53.5 Å². The largest absolute Gasteiger partial charge is 0.351 e. The molecule has 4 N–H and O–H groups in total. The van der Waals surface area contributed by atoms with Crippen LogP contribution in [0.1, 0.15) is 101 Å². The van der Waals surface area contributed by atoms with Gasteiger partial charge in [-0.3, -0.25) is 28.8 Å². The van der Waals surface area contributed by atoms with Gasteiger partial charge in [0.2, 0.25) is 23.6 Å². The summed E-state index contributed by atoms with van der Waals surface area (Å²) < 4.78 is 12.4. The topological polar surface area (TPSA) is 182 Å². The fourth-order valence-corrected chi connectivity index (χ4v) is 11.7. The minimum atomic E-state index is -0.916. The summed E-state index contributed by atoms with van der Waals surface area (Å²) in [7, 11) is 3.44. The third-order valence-corrected chi connectivity index (χ3v) is 15.7. The van der Waals surface area contributed by atoms with E-state index in [1.165, 1.54) is 0 Å². The van der Waals surface area contributed by atoms with Crippen molar-refractivity contribution in [2.24, 2.45) is 11.8 Å². The first-order chi connectivity index (χ1) is 34.0. The number of nitrogens with one attached hydrogen (secondary N) is 4. The van der Waals surface area contributed by atoms with Crippen LogP contribution in [0.5, 0.6) is 0 Å². The monoisotopic (exact) mass is 959 g/mol. The van der Waals surface area contributed by atoms with Gasteiger partial charge in [0.15, 0.2) is 12.2 Å². The minimum Gasteiger partial charge on any atom is -0.351 e. The molecule has 2 aromatic carbocycles. The fourth-order valence-electron chi connectivity index (χ4n) is 11.7. The van der Waals surface area contributed by atoms with Gasteiger partial charge < -0.3 is 50.3 Å². The summed E-state index contributed by atoms with van der Waals surface area (Å²) in [6, 6.07) is 16.6. The number of rotatable bonds is 14. The molecule has 0 aromatic heterocycles. The molecule has 2 unspecified atom stereocenters. The van der Waals surface area contributed by atoms with E-state index in [1.807, 2.05) is 80.3 Å². The molecule has 0 spiro atoms. The zero-order valence-electron chi connectivity index (χ0n) is 41.1. The average molecular weight is 959 g/mol. The number of hydrogen-bond donors (Lipinski definition) is 4. The van der Waals surface area contributed by atoms with E-state index in [4.69, 9.17) is 9.47 Å². The Labute approximate surface area is 412 Å². The number of benzene rings is 2. The smallest absolute Gasteiger partial charge is 0.256 e. The fraction of sp³-hybridized carbons (Fsp3) is 0.593. The van der Waals surface area contributed by atoms with Gasteiger partial charge >= 0.3 is 0 Å². The van der Waals surface area contributed by atoms with Crippen LogP contribution in [0.3, 0.4) is 0 Å². The van der Waals surface area contributed by atoms with Crippen LogP contribution in [0.25, 0.3) is 0 Å². The van der Waals surface area contributed by atoms with Crippen LogP contribution >= 0.6 is 0 Å². The molecule has 2 aromatic rings. The van der Waals surface area contributed by atoms with E-state index < -0.39 is 36.4 Å². The van der Waals surface area contributed by atoms with Crippen molar-refractivity contribution in [3.8, 4) is 23.7 Å². The summed E-state index contributed by atoms with van der Waals surface area (Å²) in [5.74, 6) is 11.2. The van der Waals surface area contributed by atoms with Gasteiger partial charge in [0.1, 0.15) is 25.3 Å². The number of amides is 6. The lowest BCUT2D eigenvalue weighted by molar-refractivity contribution is -0.148. The highest BCUT2D eigenvalue weighted by molar-refractivity contribution is 5.91. The minimum absolute atomic E-state index is 0.0621. The molecule has 0 saturated carbocycles. The summed E-state index contributed by atoms with van der Waals surface area (Å²) in [6.45, 7) is 5.31. The molecule has 0 aliphatic carbocycles. The molecule has 6 amide bonds. The summed E-state index contributed by atoms with van der Waals surface area (Å²) in [5.41, 5.74) is 1.40. The van der Waals surface area contributed by atoms with Gasteiger partial charge in [0, 0.05) is 38.3 Å². The summed E-state index contributed by atoms with van der Waals surface area (Å²) in [4.78, 5) is 90.0. The number of hydrogen-bond acceptors (Lipinski definition) is 10. The lowest BCUT2D eigenvalue weighted by atomic mass is 9.89. The molecule has 8 rings (SSSR count). The standard InChI is InChI=1S/C54H70N8O8/c1-35(55-3)49(63)57-43-23-15-21-41-31-39-25-27-59(33-45(39)61(41)51(43)65)53(67)47(37-17-9-7-10-18-37)69-29-13-5-6-14-30-70-48(38-19-11-8-12-20-38)54(68)60-28-26-40-32-42-22-16-24-44(58-50(64)36(2)56-4)52(66)62(42)46(40)34-60/h7-12,17-20,35-36,39-48,55-56H,15-16,21-34H2,1-4H3,(H,57,63)(H,58,64)/t35-,36-,39+,40+,41-,42-,43-,44-,45+,46+,47?,48?/m0/s1. The highest BCUT2D eigenvalue weighted by Crippen LogP contribution is 2.42. The molecule has 374 valence electrons. The van der Waals surface area contributed by atoms with Gasteiger partial charge in [-0.1, -0.05) is 72.5 Å². The Balaban J connectivity index is 0.879. The van der Waals surface area contributed by atoms with Crippen LogP contribution in [0.15, 0.2) is 60.7 Å². The second-order valence-corrected chi connectivity index (χ2v) is 19.9. The lowest BCUT2D eigenvalue weighted by Gasteiger charge is -2.41. The van der Waals surface area contributed by atoms with Crippen molar-refractivity contribution in [3.63, 3.8) is 0 Å². The highest BCUT2D eigenvalue weighted by Gasteiger charge is 2.51. The zero-order chi connectivity index (χ0) is 49.3. The number of likely N-dealkylation sites (N-methyl/N-ethyl adjacent to an activating group) is 2. The maximum absolute atomic E-state index is 14.4. The number of piperidine rings is 2. The maximum atomic E-state index is 14.4. The molecule has 16 heteroatoms. The molecule has 6 saturated heterocycles. The number of nitrogens with zero attached hydrogens (tertiary/aromatic N) is 4. The van der Waals surface area contributed by atoms with E-state index in [-0.39, 0.29) is 84.7 Å². The number of ether oxygens (including phenoxy) is 2. The molecule has 6 aliphatic heterocycles. The second-order valence-electron chi connectivity index (χ2n) is 19.9. The van der Waals surface area contributed by atoms with Crippen molar-refractivity contribution >= 4 is 35.4 Å². The summed E-state index contributed by atoms with van der Waals surface area (Å²) in [6.07, 6.45) is 6.15. The molecule has 70 heavy (non-hydrogen) atoms. The van der Waals surface area contributed by atoms with Crippen LogP contribution in [0, 0.1) is 35.5 Å². The summed E-state index contributed by atoms with van der Waals surface area (Å²) in [5, 5.41) is 11.9. The van der Waals surface area contributed by atoms with Crippen molar-refractivity contribution in [1.82, 2.24) is 40.9 Å². The van der Waals surface area contributed by atoms with Crippen LogP contribution in [0.4, 0.5) is 0 Å². The highest BCUT2D eigenvalue weighted by atomic mass is 16.5. The van der Waals surface area contributed by atoms with Gasteiger partial charge in [0.25, 0.3) is 11.8 Å². The molecule has 6 aliphatic rings. The van der Waals surface area contributed by atoms with Crippen LogP contribution in [0.2, 0.25) is 0 Å². The van der Waals surface area contributed by atoms with E-state index in [9.17, 15) is 28.8 Å². The van der Waals surface area contributed by atoms with Crippen molar-refractivity contribution in [1.29, 1.82) is 0 Å². The van der Waals surface area contributed by atoms with E-state index in [2.05, 4.69) is 44.9 Å². The quantitative estimate of drug-likeness (QED) is 0.206. The Morgan fingerprint density at radius 1 is 0.600 bits per heavy atom. The van der Waals surface area contributed by atoms with Gasteiger partial charge in [-0.2, -0.15) is 0 Å². The molecule has 6 heterocycles. The Morgan fingerprint density at radius 2 is 1.00 bits per heavy atom. The van der Waals surface area contributed by atoms with Gasteiger partial charge in [-0.05, 0) is 127 Å². The Morgan fingerprint density at radius 3 is 1.39 bits per heavy atom. The van der Waals surface area contributed by atoms with Crippen LogP contribution in [-0.2, 0) is 38.2 Å². The number of likely N-dealkylation sites (tertiary alicyclic amines) is 2. The Hall–Kier alpha value is -5.78. The van der Waals surface area contributed by atoms with Gasteiger partial charge in [0.05, 0.1) is 24.2 Å². The first-order valence-electron chi connectivity index (χ1n) is 25.4. The molecule has 0 radical (unpaired) electrons. The third-order valence-electron chi connectivity index (χ3n) is 15.7. The molecular formula is C54H70N8O8. The first kappa shape index (κ1) is 50.6. The lowest BCUT2D eigenvalue weighted by Crippen LogP contribution is -2.58. The zero-order valence-corrected chi connectivity index (χ0v) is 41.1. The average Bonchev–Trinajstić information content (AvgIpc) is 3.84. The molecule has 12 atom stereocenters. The first-order valence-corrected chi connectivity index (χ1v) is 25.4. The molecule has 16 nitrogen and oxygen atoms in total. The third kappa shape index (κ3) is 11.4. The van der Waals surface area contributed by atoms with Crippen molar-refractivity contribution < 1.29 is 38.2 Å². The predicted octanol–water partition coefficient (Wildman–Crippen LogP) is 2.70. The van der Waals surface area contributed by atoms with E-state index >= 15 is 0 Å². The predicted molar refractivity (Wildman–Crippen MR) is 262 cm³/mol. The van der Waals surface area contributed by atoms with E-state index in [0.29, 0.717) is 50.1 Å². The number of carbonyl (C=O) groups excluding carboxylic acids is 6. The number of carbonyl (C=O) groups is 6. The Kier molecular flexibility index (Phi) is 16.9. The Bertz CT molecular complexity index is 2170. The molecular weight excluding hydrogens is 889 g/mol. The molecule has 0 bridgehead atoms. The van der Waals surface area contributed by atoms with Crippen LogP contribution < -0.4 is 21.3 Å². The van der Waals surface area contributed by atoms with Crippen molar-refractivity contribution in [3.05, 3.63) is 71.8 Å². The SMILES string of the molecule is CN[C@@H](C)C(=O)N[C@H]1CCC[C@H]2C[C@H]3CCN(C(=O)C(OCC#CC#CCOC(C(=O)N4CC[C@@H]5C[C@@H]6CCC[C@H](NC(=O)[C@H](C)NC)C(=O)N6[C@@H]5C4)c4ccccc4)c4ccccc4)C[C@H]3N2C1=O. The maximum Gasteiger partial charge on any atom is 0.256 e. The van der Waals surface area contributed by atoms with Crippen LogP contribution in [-0.4, -0.2) is 157 Å². The van der Waals surface area contributed by atoms with Gasteiger partial charge in [-0.25, -0.2) is 0 Å². The van der Waals surface area contributed by atoms with Gasteiger partial charge in [-0.15, -0.1) is 0 Å². The summed E-state index contributed by atoms with van der Waals surface area (Å²) >= 11 is 0. The molecule has 6 fully saturated rings. The number of fused-ring (bicyclic) bond motifs is 6.